The van der Waals surface area contributed by atoms with Crippen LogP contribution in [0.5, 0.6) is 11.5 Å². The number of rotatable bonds is 8. The van der Waals surface area contributed by atoms with Crippen LogP contribution in [0.4, 0.5) is 0 Å². The van der Waals surface area contributed by atoms with Crippen molar-refractivity contribution in [1.29, 1.82) is 0 Å². The summed E-state index contributed by atoms with van der Waals surface area (Å²) in [6, 6.07) is 3.98. The summed E-state index contributed by atoms with van der Waals surface area (Å²) in [7, 11) is 3.84. The molecule has 1 saturated heterocycles. The Bertz CT molecular complexity index is 1130. The van der Waals surface area contributed by atoms with Crippen molar-refractivity contribution in [1.82, 2.24) is 10.2 Å². The molecule has 1 N–H and O–H groups in total. The number of nitrogens with zero attached hydrogens (tertiary/aromatic N) is 1. The van der Waals surface area contributed by atoms with Crippen LogP contribution >= 0.6 is 0 Å². The Kier molecular flexibility index (Phi) is 6.35. The monoisotopic (exact) mass is 496 g/mol. The van der Waals surface area contributed by atoms with E-state index < -0.39 is 18.1 Å². The highest BCUT2D eigenvalue weighted by molar-refractivity contribution is 5.89. The minimum atomic E-state index is -0.552. The third kappa shape index (κ3) is 3.81. The molecule has 1 fully saturated rings. The van der Waals surface area contributed by atoms with Crippen molar-refractivity contribution in [3.05, 3.63) is 35.1 Å². The van der Waals surface area contributed by atoms with Gasteiger partial charge in [-0.2, -0.15) is 0 Å². The molecule has 2 bridgehead atoms. The smallest absolute Gasteiger partial charge is 0.311 e. The predicted molar refractivity (Wildman–Crippen MR) is 133 cm³/mol. The number of likely N-dealkylation sites (N-methyl/N-ethyl adjacent to an activating group) is 1. The average Bonchev–Trinajstić information content (AvgIpc) is 3.19. The maximum atomic E-state index is 12.8. The number of methoxy groups -OCH3 is 1. The normalized spacial score (nSPS) is 28.5. The van der Waals surface area contributed by atoms with Gasteiger partial charge in [0.05, 0.1) is 19.6 Å². The van der Waals surface area contributed by atoms with Crippen molar-refractivity contribution in [2.75, 3.05) is 20.7 Å². The van der Waals surface area contributed by atoms with Gasteiger partial charge in [-0.1, -0.05) is 19.9 Å². The maximum absolute atomic E-state index is 12.8. The molecule has 194 valence electrons. The summed E-state index contributed by atoms with van der Waals surface area (Å²) < 4.78 is 18.1. The summed E-state index contributed by atoms with van der Waals surface area (Å²) in [5, 5.41) is 2.73. The average molecular weight is 497 g/mol. The first kappa shape index (κ1) is 24.8. The minimum Gasteiger partial charge on any atom is -0.493 e. The molecule has 2 aliphatic carbocycles. The van der Waals surface area contributed by atoms with E-state index in [-0.39, 0.29) is 35.9 Å². The van der Waals surface area contributed by atoms with Crippen molar-refractivity contribution < 1.29 is 28.6 Å². The number of allylic oxidation sites excluding steroid dienone is 1. The second-order valence-corrected chi connectivity index (χ2v) is 11.0. The maximum Gasteiger partial charge on any atom is 0.311 e. The van der Waals surface area contributed by atoms with Crippen LogP contribution in [-0.2, 0) is 31.0 Å². The van der Waals surface area contributed by atoms with Gasteiger partial charge in [0.2, 0.25) is 5.91 Å². The number of hydrogen-bond acceptors (Lipinski definition) is 7. The van der Waals surface area contributed by atoms with E-state index in [1.807, 2.05) is 26.0 Å². The number of esters is 1. The van der Waals surface area contributed by atoms with Gasteiger partial charge in [-0.25, -0.2) is 0 Å². The van der Waals surface area contributed by atoms with Gasteiger partial charge in [-0.15, -0.1) is 0 Å². The zero-order valence-electron chi connectivity index (χ0n) is 21.8. The molecule has 0 aromatic heterocycles. The first-order valence-corrected chi connectivity index (χ1v) is 12.9. The lowest BCUT2D eigenvalue weighted by Crippen LogP contribution is -2.63. The van der Waals surface area contributed by atoms with Gasteiger partial charge in [0.1, 0.15) is 5.76 Å². The quantitative estimate of drug-likeness (QED) is 0.553. The van der Waals surface area contributed by atoms with Gasteiger partial charge in [0, 0.05) is 23.4 Å². The SMILES string of the molecule is COc1ccc2c3c1O[C@H]1C(OC(=O)CCC(=O)N[C@H](C(C)=O)C(C)C)=CCC4[C@@H](C2)N(C)CC[C@@]341. The topological polar surface area (TPSA) is 94.2 Å². The van der Waals surface area contributed by atoms with Crippen molar-refractivity contribution >= 4 is 17.7 Å². The molecule has 1 unspecified atom stereocenters. The summed E-state index contributed by atoms with van der Waals surface area (Å²) in [5.74, 6) is 1.48. The molecule has 2 heterocycles. The summed E-state index contributed by atoms with van der Waals surface area (Å²) >= 11 is 0. The molecule has 5 atom stereocenters. The number of carbonyl (C=O) groups excluding carboxylic acids is 3. The molecule has 0 radical (unpaired) electrons. The number of nitrogens with one attached hydrogen (secondary N) is 1. The van der Waals surface area contributed by atoms with Gasteiger partial charge >= 0.3 is 5.97 Å². The molecular weight excluding hydrogens is 460 g/mol. The number of Topliss-reactive ketones (excluding diaryl/α,β-unsaturated/α-hetero) is 1. The number of benzene rings is 1. The molecular formula is C28H36N2O6. The van der Waals surface area contributed by atoms with Crippen molar-refractivity contribution in [2.24, 2.45) is 11.8 Å². The van der Waals surface area contributed by atoms with E-state index in [0.29, 0.717) is 23.5 Å². The van der Waals surface area contributed by atoms with Gasteiger partial charge in [0.25, 0.3) is 0 Å². The first-order chi connectivity index (χ1) is 17.2. The molecule has 5 rings (SSSR count). The summed E-state index contributed by atoms with van der Waals surface area (Å²) in [6.45, 7) is 6.16. The number of piperidine rings is 1. The van der Waals surface area contributed by atoms with Crippen molar-refractivity contribution in [3.8, 4) is 11.5 Å². The molecule has 1 spiro atoms. The molecule has 4 aliphatic rings. The van der Waals surface area contributed by atoms with Gasteiger partial charge in [0.15, 0.2) is 23.4 Å². The largest absolute Gasteiger partial charge is 0.493 e. The lowest BCUT2D eigenvalue weighted by Gasteiger charge is -2.56. The Morgan fingerprint density at radius 1 is 1.25 bits per heavy atom. The highest BCUT2D eigenvalue weighted by Crippen LogP contribution is 2.63. The number of hydrogen-bond donors (Lipinski definition) is 1. The zero-order valence-corrected chi connectivity index (χ0v) is 21.8. The van der Waals surface area contributed by atoms with E-state index in [4.69, 9.17) is 14.2 Å². The first-order valence-electron chi connectivity index (χ1n) is 12.9. The Hall–Kier alpha value is -2.87. The van der Waals surface area contributed by atoms with Crippen LogP contribution in [0.3, 0.4) is 0 Å². The molecule has 8 heteroatoms. The fourth-order valence-electron chi connectivity index (χ4n) is 6.95. The molecule has 0 saturated carbocycles. The fraction of sp³-hybridized carbons (Fsp3) is 0.607. The van der Waals surface area contributed by atoms with Gasteiger partial charge in [-0.05, 0) is 69.3 Å². The Morgan fingerprint density at radius 2 is 2.03 bits per heavy atom. The van der Waals surface area contributed by atoms with Crippen LogP contribution < -0.4 is 14.8 Å². The lowest BCUT2D eigenvalue weighted by atomic mass is 9.53. The highest BCUT2D eigenvalue weighted by atomic mass is 16.6. The summed E-state index contributed by atoms with van der Waals surface area (Å²) in [5.41, 5.74) is 2.27. The Labute approximate surface area is 212 Å². The number of ketones is 1. The van der Waals surface area contributed by atoms with E-state index >= 15 is 0 Å². The van der Waals surface area contributed by atoms with E-state index in [9.17, 15) is 14.4 Å². The number of amides is 1. The summed E-state index contributed by atoms with van der Waals surface area (Å²) in [4.78, 5) is 39.5. The molecule has 2 aliphatic heterocycles. The van der Waals surface area contributed by atoms with E-state index in [1.165, 1.54) is 18.1 Å². The van der Waals surface area contributed by atoms with Crippen LogP contribution in [0, 0.1) is 11.8 Å². The van der Waals surface area contributed by atoms with Crippen LogP contribution in [0.1, 0.15) is 57.6 Å². The fourth-order valence-corrected chi connectivity index (χ4v) is 6.95. The third-order valence-electron chi connectivity index (χ3n) is 8.64. The Morgan fingerprint density at radius 3 is 2.72 bits per heavy atom. The highest BCUT2D eigenvalue weighted by Gasteiger charge is 2.64. The van der Waals surface area contributed by atoms with E-state index in [1.54, 1.807) is 7.11 Å². The number of likely N-dealkylation sites (tertiary alicyclic amines) is 1. The number of ether oxygens (including phenoxy) is 3. The van der Waals surface area contributed by atoms with E-state index in [2.05, 4.69) is 23.3 Å². The van der Waals surface area contributed by atoms with Gasteiger partial charge < -0.3 is 24.4 Å². The van der Waals surface area contributed by atoms with Gasteiger partial charge in [-0.3, -0.25) is 14.4 Å². The molecule has 36 heavy (non-hydrogen) atoms. The lowest BCUT2D eigenvalue weighted by molar-refractivity contribution is -0.144. The minimum absolute atomic E-state index is 0.0186. The molecule has 1 amide bonds. The standard InChI is InChI=1S/C28H36N2O6/c1-15(2)25(16(3)31)29-22(32)10-11-23(33)35-21-9-7-18-19-14-17-6-8-20(34-5)26-24(17)28(18,27(21)36-26)12-13-30(19)4/h6,8-9,15,18-19,25,27H,7,10-14H2,1-5H3,(H,29,32)/t18?,19-,25+,27+,28+/m1/s1. The molecule has 8 nitrogen and oxygen atoms in total. The number of carbonyl (C=O) groups is 3. The van der Waals surface area contributed by atoms with Crippen LogP contribution in [-0.4, -0.2) is 61.4 Å². The second kappa shape index (κ2) is 9.21. The third-order valence-corrected chi connectivity index (χ3v) is 8.64. The van der Waals surface area contributed by atoms with Crippen LogP contribution in [0.2, 0.25) is 0 Å². The zero-order chi connectivity index (χ0) is 25.8. The van der Waals surface area contributed by atoms with Crippen LogP contribution in [0.25, 0.3) is 0 Å². The Balaban J connectivity index is 1.34. The summed E-state index contributed by atoms with van der Waals surface area (Å²) in [6.07, 6.45) is 4.21. The molecule has 1 aromatic carbocycles. The van der Waals surface area contributed by atoms with E-state index in [0.717, 1.165) is 31.6 Å². The van der Waals surface area contributed by atoms with Crippen LogP contribution in [0.15, 0.2) is 24.0 Å². The molecule has 1 aromatic rings. The van der Waals surface area contributed by atoms with Crippen molar-refractivity contribution in [2.45, 2.75) is 76.5 Å². The second-order valence-electron chi connectivity index (χ2n) is 11.0. The predicted octanol–water partition coefficient (Wildman–Crippen LogP) is 2.91. The van der Waals surface area contributed by atoms with Crippen molar-refractivity contribution in [3.63, 3.8) is 0 Å².